The average Bonchev–Trinajstić information content (AvgIpc) is 2.98. The van der Waals surface area contributed by atoms with Crippen LogP contribution in [0.25, 0.3) is 28.1 Å². The molecule has 0 saturated heterocycles. The number of dihydropyridines is 1. The number of benzene rings is 3. The van der Waals surface area contributed by atoms with Crippen LogP contribution in [0.4, 0.5) is 5.69 Å². The van der Waals surface area contributed by atoms with E-state index in [1.807, 2.05) is 55.6 Å². The Morgan fingerprint density at radius 3 is 2.56 bits per heavy atom. The Morgan fingerprint density at radius 2 is 1.85 bits per heavy atom. The largest absolute Gasteiger partial charge is 0.381 e. The van der Waals surface area contributed by atoms with E-state index < -0.39 is 0 Å². The highest BCUT2D eigenvalue weighted by Crippen LogP contribution is 2.31. The predicted molar refractivity (Wildman–Crippen MR) is 159 cm³/mol. The molecule has 7 heteroatoms. The van der Waals surface area contributed by atoms with Crippen molar-refractivity contribution in [3.05, 3.63) is 107 Å². The number of allylic oxidation sites excluding steroid dienone is 3. The molecule has 1 fully saturated rings. The topological polar surface area (TPSA) is 63.5 Å². The Morgan fingerprint density at radius 1 is 1.05 bits per heavy atom. The number of ether oxygens (including phenoxy) is 1. The molecular weight excluding hydrogens is 506 g/mol. The lowest BCUT2D eigenvalue weighted by atomic mass is 9.93. The van der Waals surface area contributed by atoms with Gasteiger partial charge in [0.15, 0.2) is 0 Å². The average molecular weight is 538 g/mol. The van der Waals surface area contributed by atoms with Gasteiger partial charge in [-0.15, -0.1) is 0 Å². The minimum absolute atomic E-state index is 0.246. The minimum Gasteiger partial charge on any atom is -0.381 e. The summed E-state index contributed by atoms with van der Waals surface area (Å²) in [6, 6.07) is 20.7. The normalized spacial score (nSPS) is 20.8. The van der Waals surface area contributed by atoms with Gasteiger partial charge in [0.25, 0.3) is 0 Å². The van der Waals surface area contributed by atoms with Crippen molar-refractivity contribution in [3.63, 3.8) is 0 Å². The van der Waals surface area contributed by atoms with Crippen LogP contribution in [-0.4, -0.2) is 28.8 Å². The van der Waals surface area contributed by atoms with E-state index in [4.69, 9.17) is 26.3 Å². The van der Waals surface area contributed by atoms with Crippen LogP contribution in [0.1, 0.15) is 32.6 Å². The first-order chi connectivity index (χ1) is 19.1. The van der Waals surface area contributed by atoms with Crippen LogP contribution in [0.2, 0.25) is 5.02 Å². The van der Waals surface area contributed by atoms with Crippen molar-refractivity contribution >= 4 is 28.3 Å². The summed E-state index contributed by atoms with van der Waals surface area (Å²) in [5, 5.41) is 8.57. The Labute approximate surface area is 233 Å². The zero-order valence-corrected chi connectivity index (χ0v) is 22.9. The monoisotopic (exact) mass is 537 g/mol. The van der Waals surface area contributed by atoms with Gasteiger partial charge in [0.2, 0.25) is 0 Å². The molecule has 0 aromatic heterocycles. The van der Waals surface area contributed by atoms with Crippen LogP contribution >= 0.6 is 11.6 Å². The second-order valence-corrected chi connectivity index (χ2v) is 10.4. The van der Waals surface area contributed by atoms with Gasteiger partial charge in [0.1, 0.15) is 0 Å². The lowest BCUT2D eigenvalue weighted by Crippen LogP contribution is -2.25. The molecule has 0 bridgehead atoms. The standard InChI is InChI=1S/C32H32ClN5O/c1-3-22-10-11-24(20-34-22)36-28-18-30-32(19-29(28)35-23-12-16-26(39-2)17-13-23)38(25-14-8-21(33)9-15-25)31-7-5-4-6-27(31)37-30/h3-11,14-15,18-20,23,26,34,36H,12-13,16-17H2,1-2H3. The number of nitrogens with zero attached hydrogens (tertiary/aromatic N) is 3. The summed E-state index contributed by atoms with van der Waals surface area (Å²) in [4.78, 5) is 10.4. The van der Waals surface area contributed by atoms with E-state index in [1.165, 1.54) is 0 Å². The van der Waals surface area contributed by atoms with Gasteiger partial charge in [0.05, 0.1) is 51.3 Å². The van der Waals surface area contributed by atoms with Gasteiger partial charge in [-0.1, -0.05) is 29.8 Å². The molecule has 1 saturated carbocycles. The van der Waals surface area contributed by atoms with Gasteiger partial charge < -0.3 is 19.9 Å². The lowest BCUT2D eigenvalue weighted by molar-refractivity contribution is 0.0663. The molecule has 39 heavy (non-hydrogen) atoms. The van der Waals surface area contributed by atoms with E-state index in [0.29, 0.717) is 11.1 Å². The van der Waals surface area contributed by atoms with Gasteiger partial charge in [0, 0.05) is 29.7 Å². The van der Waals surface area contributed by atoms with Crippen molar-refractivity contribution in [1.29, 1.82) is 0 Å². The number of anilines is 1. The van der Waals surface area contributed by atoms with Gasteiger partial charge in [-0.25, -0.2) is 4.98 Å². The zero-order chi connectivity index (χ0) is 26.8. The number of nitrogens with one attached hydrogen (secondary N) is 2. The first kappa shape index (κ1) is 25.4. The van der Waals surface area contributed by atoms with Crippen molar-refractivity contribution < 1.29 is 4.74 Å². The number of rotatable bonds is 5. The molecule has 0 atom stereocenters. The van der Waals surface area contributed by atoms with Crippen molar-refractivity contribution in [2.45, 2.75) is 44.8 Å². The molecule has 4 aliphatic rings. The number of hydrogen-bond acceptors (Lipinski definition) is 5. The number of aromatic nitrogens is 2. The fourth-order valence-corrected chi connectivity index (χ4v) is 5.50. The van der Waals surface area contributed by atoms with Gasteiger partial charge in [-0.3, -0.25) is 4.99 Å². The van der Waals surface area contributed by atoms with Crippen molar-refractivity contribution in [2.75, 3.05) is 12.4 Å². The number of para-hydroxylation sites is 2. The molecular formula is C32H32ClN5O. The van der Waals surface area contributed by atoms with E-state index in [-0.39, 0.29) is 6.04 Å². The van der Waals surface area contributed by atoms with Crippen LogP contribution in [-0.2, 0) is 4.74 Å². The van der Waals surface area contributed by atoms with Crippen LogP contribution in [0, 0.1) is 0 Å². The highest BCUT2D eigenvalue weighted by Gasteiger charge is 2.22. The van der Waals surface area contributed by atoms with Crippen LogP contribution in [0.5, 0.6) is 0 Å². The number of methoxy groups -OCH3 is 1. The summed E-state index contributed by atoms with van der Waals surface area (Å²) in [5.74, 6) is 0. The first-order valence-electron chi connectivity index (χ1n) is 13.5. The van der Waals surface area contributed by atoms with Gasteiger partial charge in [-0.05, 0) is 93.3 Å². The highest BCUT2D eigenvalue weighted by molar-refractivity contribution is 6.30. The third kappa shape index (κ3) is 5.35. The van der Waals surface area contributed by atoms with Crippen molar-refractivity contribution in [1.82, 2.24) is 14.9 Å². The van der Waals surface area contributed by atoms with E-state index in [2.05, 4.69) is 51.6 Å². The molecule has 198 valence electrons. The maximum Gasteiger partial charge on any atom is 0.0900 e. The second-order valence-electron chi connectivity index (χ2n) is 10.0. The third-order valence-corrected chi connectivity index (χ3v) is 7.76. The fraction of sp³-hybridized carbons (Fsp3) is 0.250. The lowest BCUT2D eigenvalue weighted by Gasteiger charge is -2.25. The number of hydrogen-bond donors (Lipinski definition) is 2. The molecule has 2 N–H and O–H groups in total. The smallest absolute Gasteiger partial charge is 0.0900 e. The summed E-state index contributed by atoms with van der Waals surface area (Å²) in [7, 11) is 1.80. The first-order valence-corrected chi connectivity index (χ1v) is 13.9. The van der Waals surface area contributed by atoms with Crippen LogP contribution in [0.15, 0.2) is 101 Å². The van der Waals surface area contributed by atoms with Crippen LogP contribution in [0.3, 0.4) is 0 Å². The molecule has 2 aromatic carbocycles. The predicted octanol–water partition coefficient (Wildman–Crippen LogP) is 6.96. The summed E-state index contributed by atoms with van der Waals surface area (Å²) >= 11 is 6.25. The maximum absolute atomic E-state index is 6.25. The summed E-state index contributed by atoms with van der Waals surface area (Å²) in [6.07, 6.45) is 12.6. The fourth-order valence-electron chi connectivity index (χ4n) is 5.37. The van der Waals surface area contributed by atoms with Crippen molar-refractivity contribution in [2.24, 2.45) is 4.99 Å². The molecule has 0 unspecified atom stereocenters. The Balaban J connectivity index is 1.54. The van der Waals surface area contributed by atoms with E-state index in [9.17, 15) is 0 Å². The van der Waals surface area contributed by atoms with Gasteiger partial charge in [-0.2, -0.15) is 0 Å². The third-order valence-electron chi connectivity index (χ3n) is 7.51. The summed E-state index contributed by atoms with van der Waals surface area (Å²) in [5.41, 5.74) is 7.82. The Kier molecular flexibility index (Phi) is 7.22. The van der Waals surface area contributed by atoms with Gasteiger partial charge >= 0.3 is 0 Å². The molecule has 2 heterocycles. The molecule has 6 nitrogen and oxygen atoms in total. The van der Waals surface area contributed by atoms with E-state index in [1.54, 1.807) is 7.11 Å². The molecule has 6 rings (SSSR count). The molecule has 2 aliphatic carbocycles. The highest BCUT2D eigenvalue weighted by atomic mass is 35.5. The Bertz CT molecular complexity index is 1620. The number of fused-ring (bicyclic) bond motifs is 2. The van der Waals surface area contributed by atoms with Crippen LogP contribution < -0.4 is 16.0 Å². The SMILES string of the molecule is CC=C1C=CC(Nc2cc3nc4ccccc4n(-c4ccc(Cl)cc4)c-3cc2=NC2CCC(OC)CC2)=CN1. The zero-order valence-electron chi connectivity index (χ0n) is 22.2. The molecule has 0 radical (unpaired) electrons. The van der Waals surface area contributed by atoms with E-state index >= 15 is 0 Å². The van der Waals surface area contributed by atoms with Crippen molar-refractivity contribution in [3.8, 4) is 17.1 Å². The molecule has 0 spiro atoms. The second kappa shape index (κ2) is 11.1. The number of halogens is 1. The maximum atomic E-state index is 6.25. The molecule has 0 amide bonds. The quantitative estimate of drug-likeness (QED) is 0.270. The molecule has 2 aromatic rings. The van der Waals surface area contributed by atoms with E-state index in [0.717, 1.165) is 76.2 Å². The Hall–Kier alpha value is -3.87. The minimum atomic E-state index is 0.246. The molecule has 2 aliphatic heterocycles. The summed E-state index contributed by atoms with van der Waals surface area (Å²) < 4.78 is 7.85. The summed E-state index contributed by atoms with van der Waals surface area (Å²) in [6.45, 7) is 2.02.